The minimum absolute atomic E-state index is 0.0447. The van der Waals surface area contributed by atoms with Gasteiger partial charge in [-0.15, -0.1) is 0 Å². The molecule has 0 radical (unpaired) electrons. The van der Waals surface area contributed by atoms with Crippen LogP contribution < -0.4 is 0 Å². The molecule has 1 heterocycles. The molecule has 1 rings (SSSR count). The molecule has 0 amide bonds. The van der Waals surface area contributed by atoms with Gasteiger partial charge in [0, 0.05) is 12.8 Å². The van der Waals surface area contributed by atoms with Crippen molar-refractivity contribution in [1.29, 1.82) is 0 Å². The summed E-state index contributed by atoms with van der Waals surface area (Å²) in [7, 11) is -4.65. The summed E-state index contributed by atoms with van der Waals surface area (Å²) in [6.07, 6.45) is 49.9. The summed E-state index contributed by atoms with van der Waals surface area (Å²) >= 11 is 0. The molecule has 12 heteroatoms. The van der Waals surface area contributed by atoms with Gasteiger partial charge in [0.05, 0.1) is 32.0 Å². The van der Waals surface area contributed by atoms with Gasteiger partial charge in [0.15, 0.2) is 6.10 Å². The zero-order valence-electron chi connectivity index (χ0n) is 36.6. The van der Waals surface area contributed by atoms with Crippen molar-refractivity contribution in [2.75, 3.05) is 26.4 Å². The van der Waals surface area contributed by atoms with Gasteiger partial charge in [0.25, 0.3) is 0 Å². The van der Waals surface area contributed by atoms with Crippen LogP contribution in [0.1, 0.15) is 142 Å². The summed E-state index contributed by atoms with van der Waals surface area (Å²) in [6.45, 7) is 2.09. The van der Waals surface area contributed by atoms with E-state index in [1.54, 1.807) is 0 Å². The van der Waals surface area contributed by atoms with Crippen LogP contribution in [0.3, 0.4) is 0 Å². The lowest BCUT2D eigenvalue weighted by atomic mass is 10.1. The second kappa shape index (κ2) is 38.7. The average Bonchev–Trinajstić information content (AvgIpc) is 3.99. The monoisotopic (exact) mass is 861 g/mol. The maximum absolute atomic E-state index is 12.6. The molecular formula is C48H77O11P. The van der Waals surface area contributed by atoms with E-state index in [0.29, 0.717) is 31.5 Å². The van der Waals surface area contributed by atoms with Crippen LogP contribution in [0, 0.1) is 0 Å². The maximum Gasteiger partial charge on any atom is 0.472 e. The predicted octanol–water partition coefficient (Wildman–Crippen LogP) is 11.0. The minimum atomic E-state index is -4.65. The third-order valence-corrected chi connectivity index (χ3v) is 10.1. The summed E-state index contributed by atoms with van der Waals surface area (Å²) < 4.78 is 38.3. The Morgan fingerprint density at radius 3 is 1.67 bits per heavy atom. The van der Waals surface area contributed by atoms with Crippen molar-refractivity contribution in [2.45, 2.75) is 167 Å². The van der Waals surface area contributed by atoms with Crippen LogP contribution in [0.15, 0.2) is 97.2 Å². The maximum atomic E-state index is 12.6. The molecule has 340 valence electrons. The van der Waals surface area contributed by atoms with E-state index in [-0.39, 0.29) is 19.4 Å². The molecule has 0 saturated carbocycles. The first kappa shape index (κ1) is 54.9. The van der Waals surface area contributed by atoms with E-state index in [4.69, 9.17) is 23.8 Å². The summed E-state index contributed by atoms with van der Waals surface area (Å²) in [4.78, 5) is 35.0. The lowest BCUT2D eigenvalue weighted by molar-refractivity contribution is -0.161. The largest absolute Gasteiger partial charge is 0.472 e. The number of hydrogen-bond donors (Lipinski definition) is 3. The van der Waals surface area contributed by atoms with Crippen molar-refractivity contribution in [3.05, 3.63) is 97.2 Å². The van der Waals surface area contributed by atoms with Crippen molar-refractivity contribution in [3.8, 4) is 0 Å². The molecule has 0 bridgehead atoms. The van der Waals surface area contributed by atoms with Gasteiger partial charge in [-0.05, 0) is 89.9 Å². The Hall–Kier alpha value is -3.15. The first-order valence-corrected chi connectivity index (χ1v) is 23.8. The summed E-state index contributed by atoms with van der Waals surface area (Å²) in [5.41, 5.74) is 0. The normalized spacial score (nSPS) is 18.1. The van der Waals surface area contributed by atoms with Crippen molar-refractivity contribution in [3.63, 3.8) is 0 Å². The molecule has 3 unspecified atom stereocenters. The summed E-state index contributed by atoms with van der Waals surface area (Å²) in [5.74, 6) is -1.06. The molecule has 0 aromatic heterocycles. The Morgan fingerprint density at radius 1 is 0.600 bits per heavy atom. The van der Waals surface area contributed by atoms with Gasteiger partial charge in [-0.25, -0.2) is 4.57 Å². The van der Waals surface area contributed by atoms with E-state index >= 15 is 0 Å². The number of esters is 2. The highest BCUT2D eigenvalue weighted by Gasteiger charge is 2.36. The standard InChI is InChI=1S/C48H77O11P/c1-3-5-7-8-9-10-11-12-13-14-15-16-20-23-26-29-33-37-47(51)55-41-44(42-57-60(53,54)56-40-43(50)39-49)58-48(52)38-34-30-27-24-21-18-17-19-22-25-28-32-36-46-45(59-46)35-31-6-4-2/h6,9-10,12-13,15-16,18-19,21-22,27-28,30-32,43-46,49-50H,3-5,7-8,11,14,17,20,23-26,29,33-42H2,1-2H3,(H,53,54)/b10-9-,13-12-,16-15-,21-18-,22-19-,30-27-,31-6-,32-28-/t43-,44+,45?,46?/m0/s1. The fourth-order valence-corrected chi connectivity index (χ4v) is 6.38. The third-order valence-electron chi connectivity index (χ3n) is 9.14. The summed E-state index contributed by atoms with van der Waals surface area (Å²) in [6, 6.07) is 0. The van der Waals surface area contributed by atoms with Gasteiger partial charge >= 0.3 is 19.8 Å². The molecule has 1 saturated heterocycles. The molecule has 1 aliphatic heterocycles. The fourth-order valence-electron chi connectivity index (χ4n) is 5.59. The zero-order valence-corrected chi connectivity index (χ0v) is 37.5. The van der Waals surface area contributed by atoms with Gasteiger partial charge in [0.1, 0.15) is 12.7 Å². The average molecular weight is 861 g/mol. The Labute approximate surface area is 361 Å². The van der Waals surface area contributed by atoms with Crippen molar-refractivity contribution in [1.82, 2.24) is 0 Å². The highest BCUT2D eigenvalue weighted by atomic mass is 31.2. The quantitative estimate of drug-likeness (QED) is 0.0177. The molecule has 11 nitrogen and oxygen atoms in total. The highest BCUT2D eigenvalue weighted by Crippen LogP contribution is 2.43. The number of unbranched alkanes of at least 4 members (excludes halogenated alkanes) is 7. The Morgan fingerprint density at radius 2 is 1.10 bits per heavy atom. The molecule has 1 fully saturated rings. The number of hydrogen-bond acceptors (Lipinski definition) is 10. The number of carbonyl (C=O) groups excluding carboxylic acids is 2. The van der Waals surface area contributed by atoms with E-state index in [1.165, 1.54) is 19.3 Å². The molecule has 1 aliphatic rings. The minimum Gasteiger partial charge on any atom is -0.462 e. The summed E-state index contributed by atoms with van der Waals surface area (Å²) in [5, 5.41) is 18.3. The Balaban J connectivity index is 2.32. The van der Waals surface area contributed by atoms with Gasteiger partial charge in [-0.1, -0.05) is 137 Å². The zero-order chi connectivity index (χ0) is 43.8. The SMILES string of the molecule is CC/C=C\CC1OC1C/C=C\C/C=C\C/C=C\C/C=C\CCC(=O)O[C@H](COC(=O)CCCCCC/C=C\C/C=C\C/C=C\CCCCC)COP(=O)(O)OC[C@@H](O)CO. The predicted molar refractivity (Wildman–Crippen MR) is 241 cm³/mol. The van der Waals surface area contributed by atoms with Crippen molar-refractivity contribution in [2.24, 2.45) is 0 Å². The topological polar surface area (TPSA) is 161 Å². The van der Waals surface area contributed by atoms with Crippen molar-refractivity contribution >= 4 is 19.8 Å². The Bertz CT molecular complexity index is 1380. The van der Waals surface area contributed by atoms with Gasteiger partial charge < -0.3 is 29.3 Å². The number of aliphatic hydroxyl groups excluding tert-OH is 2. The third kappa shape index (κ3) is 35.6. The van der Waals surface area contributed by atoms with Crippen LogP contribution in [0.2, 0.25) is 0 Å². The molecule has 0 spiro atoms. The molecular weight excluding hydrogens is 783 g/mol. The van der Waals surface area contributed by atoms with E-state index in [1.807, 2.05) is 12.2 Å². The second-order valence-electron chi connectivity index (χ2n) is 14.7. The van der Waals surface area contributed by atoms with Crippen molar-refractivity contribution < 1.29 is 52.5 Å². The molecule has 0 aromatic carbocycles. The van der Waals surface area contributed by atoms with E-state index in [9.17, 15) is 24.2 Å². The van der Waals surface area contributed by atoms with Crippen LogP contribution in [-0.2, 0) is 37.4 Å². The van der Waals surface area contributed by atoms with E-state index in [2.05, 4.69) is 103 Å². The van der Waals surface area contributed by atoms with E-state index in [0.717, 1.165) is 77.0 Å². The van der Waals surface area contributed by atoms with Crippen LogP contribution in [0.4, 0.5) is 0 Å². The molecule has 5 atom stereocenters. The van der Waals surface area contributed by atoms with E-state index < -0.39 is 51.8 Å². The van der Waals surface area contributed by atoms with Crippen LogP contribution in [-0.4, -0.2) is 77.9 Å². The second-order valence-corrected chi connectivity index (χ2v) is 16.2. The fraction of sp³-hybridized carbons (Fsp3) is 0.625. The van der Waals surface area contributed by atoms with Gasteiger partial charge in [-0.3, -0.25) is 18.6 Å². The number of aliphatic hydroxyl groups is 2. The first-order chi connectivity index (χ1) is 29.2. The van der Waals surface area contributed by atoms with Crippen LogP contribution in [0.5, 0.6) is 0 Å². The molecule has 60 heavy (non-hydrogen) atoms. The highest BCUT2D eigenvalue weighted by molar-refractivity contribution is 7.47. The molecule has 3 N–H and O–H groups in total. The van der Waals surface area contributed by atoms with Crippen LogP contribution >= 0.6 is 7.82 Å². The van der Waals surface area contributed by atoms with Crippen LogP contribution in [0.25, 0.3) is 0 Å². The number of phosphoric ester groups is 1. The number of carbonyl (C=O) groups is 2. The van der Waals surface area contributed by atoms with Gasteiger partial charge in [0.2, 0.25) is 0 Å². The number of allylic oxidation sites excluding steroid dienone is 14. The first-order valence-electron chi connectivity index (χ1n) is 22.3. The smallest absolute Gasteiger partial charge is 0.462 e. The van der Waals surface area contributed by atoms with Gasteiger partial charge in [-0.2, -0.15) is 0 Å². The number of rotatable bonds is 39. The number of ether oxygens (including phenoxy) is 3. The molecule has 0 aliphatic carbocycles. The Kier molecular flexibility index (Phi) is 35.4. The molecule has 0 aromatic rings. The lowest BCUT2D eigenvalue weighted by Gasteiger charge is -2.20. The lowest BCUT2D eigenvalue weighted by Crippen LogP contribution is -2.29. The number of phosphoric acid groups is 1. The number of epoxide rings is 1.